The number of methoxy groups -OCH3 is 1. The molecule has 1 unspecified atom stereocenters. The summed E-state index contributed by atoms with van der Waals surface area (Å²) in [4.78, 5) is 78.4. The SMILES string of the molecule is CCC(C(=O)Nc1sc(C(=O)NCCNC(=O)[C@@H](NC(=O)[C@@H](NC(=O)[C@@H](N)C(C)C)C(C)C)C(C)C)c(C)c1C(=O)OC)c1cccc(C)c1. The molecule has 276 valence electrons. The molecule has 1 heterocycles. The largest absolute Gasteiger partial charge is 0.465 e. The third-order valence-corrected chi connectivity index (χ3v) is 9.58. The van der Waals surface area contributed by atoms with E-state index in [1.54, 1.807) is 34.6 Å². The van der Waals surface area contributed by atoms with E-state index in [1.807, 2.05) is 52.0 Å². The number of benzene rings is 1. The van der Waals surface area contributed by atoms with Gasteiger partial charge in [0.2, 0.25) is 23.6 Å². The van der Waals surface area contributed by atoms with E-state index in [1.165, 1.54) is 7.11 Å². The van der Waals surface area contributed by atoms with E-state index in [0.717, 1.165) is 22.5 Å². The average Bonchev–Trinajstić information content (AvgIpc) is 3.38. The number of amides is 5. The first-order valence-corrected chi connectivity index (χ1v) is 17.8. The van der Waals surface area contributed by atoms with Gasteiger partial charge >= 0.3 is 5.97 Å². The Kier molecular flexibility index (Phi) is 16.1. The van der Waals surface area contributed by atoms with Crippen LogP contribution in [0.2, 0.25) is 0 Å². The van der Waals surface area contributed by atoms with Crippen molar-refractivity contribution in [1.82, 2.24) is 21.3 Å². The van der Waals surface area contributed by atoms with E-state index in [2.05, 4.69) is 26.6 Å². The second kappa shape index (κ2) is 19.2. The first-order chi connectivity index (χ1) is 23.4. The van der Waals surface area contributed by atoms with E-state index in [9.17, 15) is 28.8 Å². The predicted molar refractivity (Wildman–Crippen MR) is 195 cm³/mol. The number of aryl methyl sites for hydroxylation is 1. The number of carbonyl (C=O) groups is 6. The molecule has 13 nitrogen and oxygen atoms in total. The molecule has 2 aromatic rings. The smallest absolute Gasteiger partial charge is 0.341 e. The Balaban J connectivity index is 2.10. The number of carbonyl (C=O) groups excluding carboxylic acids is 6. The van der Waals surface area contributed by atoms with Crippen LogP contribution in [0.1, 0.15) is 97.5 Å². The molecule has 14 heteroatoms. The Hall–Kier alpha value is -4.30. The van der Waals surface area contributed by atoms with Crippen molar-refractivity contribution in [2.45, 2.75) is 92.8 Å². The molecule has 0 fully saturated rings. The zero-order valence-electron chi connectivity index (χ0n) is 30.8. The van der Waals surface area contributed by atoms with Crippen LogP contribution < -0.4 is 32.3 Å². The van der Waals surface area contributed by atoms with E-state index in [-0.39, 0.29) is 52.2 Å². The van der Waals surface area contributed by atoms with Crippen LogP contribution in [0, 0.1) is 31.6 Å². The Bertz CT molecular complexity index is 1540. The quantitative estimate of drug-likeness (QED) is 0.106. The predicted octanol–water partition coefficient (Wildman–Crippen LogP) is 3.39. The fourth-order valence-corrected chi connectivity index (χ4v) is 6.36. The molecule has 0 saturated heterocycles. The van der Waals surface area contributed by atoms with Gasteiger partial charge in [-0.05, 0) is 49.1 Å². The maximum Gasteiger partial charge on any atom is 0.341 e. The molecule has 0 spiro atoms. The molecule has 7 N–H and O–H groups in total. The number of hydrogen-bond donors (Lipinski definition) is 6. The molecule has 0 radical (unpaired) electrons. The normalized spacial score (nSPS) is 13.6. The lowest BCUT2D eigenvalue weighted by Crippen LogP contribution is -2.59. The highest BCUT2D eigenvalue weighted by Crippen LogP contribution is 2.35. The number of ether oxygens (including phenoxy) is 1. The highest BCUT2D eigenvalue weighted by Gasteiger charge is 2.32. The van der Waals surface area contributed by atoms with E-state index in [4.69, 9.17) is 10.5 Å². The van der Waals surface area contributed by atoms with Gasteiger partial charge in [0.05, 0.1) is 29.5 Å². The van der Waals surface area contributed by atoms with Crippen molar-refractivity contribution in [3.63, 3.8) is 0 Å². The molecule has 0 aliphatic heterocycles. The third kappa shape index (κ3) is 11.1. The van der Waals surface area contributed by atoms with Crippen molar-refractivity contribution in [3.8, 4) is 0 Å². The fraction of sp³-hybridized carbons (Fsp3) is 0.556. The number of hydrogen-bond acceptors (Lipinski definition) is 9. The zero-order valence-corrected chi connectivity index (χ0v) is 31.6. The van der Waals surface area contributed by atoms with Crippen molar-refractivity contribution < 1.29 is 33.5 Å². The second-order valence-corrected chi connectivity index (χ2v) is 14.4. The minimum absolute atomic E-state index is 0.0406. The van der Waals surface area contributed by atoms with Crippen molar-refractivity contribution in [3.05, 3.63) is 51.4 Å². The van der Waals surface area contributed by atoms with Crippen LogP contribution in [0.5, 0.6) is 0 Å². The highest BCUT2D eigenvalue weighted by molar-refractivity contribution is 7.18. The van der Waals surface area contributed by atoms with Gasteiger partial charge in [-0.1, -0.05) is 78.3 Å². The van der Waals surface area contributed by atoms with Gasteiger partial charge in [0.1, 0.15) is 17.1 Å². The molecule has 50 heavy (non-hydrogen) atoms. The summed E-state index contributed by atoms with van der Waals surface area (Å²) in [7, 11) is 1.23. The Morgan fingerprint density at radius 1 is 0.800 bits per heavy atom. The number of thiophene rings is 1. The molecule has 0 aliphatic rings. The summed E-state index contributed by atoms with van der Waals surface area (Å²) < 4.78 is 4.96. The first kappa shape index (κ1) is 41.9. The molecule has 0 saturated carbocycles. The maximum absolute atomic E-state index is 13.4. The number of esters is 1. The molecule has 1 aromatic carbocycles. The molecule has 0 bridgehead atoms. The van der Waals surface area contributed by atoms with Gasteiger partial charge in [-0.3, -0.25) is 24.0 Å². The third-order valence-electron chi connectivity index (χ3n) is 8.37. The standard InChI is InChI=1S/C36H54N6O7S/c1-11-24(23-14-12-13-21(8)17-23)30(43)42-35-25(36(48)49-10)22(9)29(50-35)34(47)39-16-15-38-32(45)27(19(4)5)41-33(46)28(20(6)7)40-31(44)26(37)18(2)3/h12-14,17-20,24,26-28H,11,15-16,37H2,1-10H3,(H,38,45)(H,39,47)(H,40,44)(H,41,46)(H,42,43)/t24?,26-,27-,28-/m0/s1. The van der Waals surface area contributed by atoms with Gasteiger partial charge in [0.15, 0.2) is 0 Å². The molecule has 0 aliphatic carbocycles. The summed E-state index contributed by atoms with van der Waals surface area (Å²) in [6.45, 7) is 16.3. The Morgan fingerprint density at radius 3 is 1.92 bits per heavy atom. The van der Waals surface area contributed by atoms with Crippen molar-refractivity contribution in [2.75, 3.05) is 25.5 Å². The minimum atomic E-state index is -0.907. The van der Waals surface area contributed by atoms with Gasteiger partial charge in [-0.15, -0.1) is 11.3 Å². The van der Waals surface area contributed by atoms with Gasteiger partial charge in [-0.25, -0.2) is 4.79 Å². The van der Waals surface area contributed by atoms with Crippen LogP contribution in [-0.2, 0) is 23.9 Å². The Morgan fingerprint density at radius 2 is 1.38 bits per heavy atom. The molecule has 2 rings (SSSR count). The number of anilines is 1. The summed E-state index contributed by atoms with van der Waals surface area (Å²) in [5.74, 6) is -4.05. The number of nitrogens with one attached hydrogen (secondary N) is 5. The van der Waals surface area contributed by atoms with Crippen LogP contribution in [0.25, 0.3) is 0 Å². The molecule has 4 atom stereocenters. The topological polar surface area (TPSA) is 198 Å². The first-order valence-electron chi connectivity index (χ1n) is 17.0. The fourth-order valence-electron chi connectivity index (χ4n) is 5.24. The van der Waals surface area contributed by atoms with Gasteiger partial charge in [-0.2, -0.15) is 0 Å². The molecule has 1 aromatic heterocycles. The molecule has 5 amide bonds. The lowest BCUT2D eigenvalue weighted by atomic mass is 9.94. The van der Waals surface area contributed by atoms with Crippen LogP contribution in [0.4, 0.5) is 5.00 Å². The number of nitrogens with two attached hydrogens (primary N) is 1. The monoisotopic (exact) mass is 714 g/mol. The lowest BCUT2D eigenvalue weighted by molar-refractivity contribution is -0.134. The summed E-state index contributed by atoms with van der Waals surface area (Å²) in [5.41, 5.74) is 8.26. The summed E-state index contributed by atoms with van der Waals surface area (Å²) >= 11 is 0.967. The van der Waals surface area contributed by atoms with Gasteiger partial charge in [0.25, 0.3) is 5.91 Å². The summed E-state index contributed by atoms with van der Waals surface area (Å²) in [5, 5.41) is 14.0. The zero-order chi connectivity index (χ0) is 37.9. The summed E-state index contributed by atoms with van der Waals surface area (Å²) in [6.07, 6.45) is 0.523. The van der Waals surface area contributed by atoms with Gasteiger partial charge < -0.3 is 37.1 Å². The lowest BCUT2D eigenvalue weighted by Gasteiger charge is -2.28. The highest BCUT2D eigenvalue weighted by atomic mass is 32.1. The van der Waals surface area contributed by atoms with E-state index < -0.39 is 53.6 Å². The van der Waals surface area contributed by atoms with E-state index >= 15 is 0 Å². The average molecular weight is 715 g/mol. The molecular weight excluding hydrogens is 660 g/mol. The van der Waals surface area contributed by atoms with Crippen molar-refractivity contribution in [1.29, 1.82) is 0 Å². The van der Waals surface area contributed by atoms with Crippen molar-refractivity contribution in [2.24, 2.45) is 23.5 Å². The number of rotatable bonds is 17. The van der Waals surface area contributed by atoms with Crippen LogP contribution in [0.3, 0.4) is 0 Å². The van der Waals surface area contributed by atoms with Crippen molar-refractivity contribution >= 4 is 51.8 Å². The van der Waals surface area contributed by atoms with Crippen LogP contribution in [0.15, 0.2) is 24.3 Å². The molecular formula is C36H54N6O7S. The van der Waals surface area contributed by atoms with Gasteiger partial charge in [0, 0.05) is 13.1 Å². The van der Waals surface area contributed by atoms with Crippen LogP contribution in [-0.4, -0.2) is 73.8 Å². The van der Waals surface area contributed by atoms with Crippen LogP contribution >= 0.6 is 11.3 Å². The Labute approximate surface area is 299 Å². The summed E-state index contributed by atoms with van der Waals surface area (Å²) in [6, 6.07) is 5.07. The van der Waals surface area contributed by atoms with E-state index in [0.29, 0.717) is 12.0 Å². The minimum Gasteiger partial charge on any atom is -0.465 e. The maximum atomic E-state index is 13.4. The second-order valence-electron chi connectivity index (χ2n) is 13.4.